The first-order chi connectivity index (χ1) is 7.99. The van der Waals surface area contributed by atoms with E-state index in [1.165, 1.54) is 0 Å². The predicted molar refractivity (Wildman–Crippen MR) is 73.3 cm³/mol. The maximum Gasteiger partial charge on any atom is 0.135 e. The van der Waals surface area contributed by atoms with E-state index in [2.05, 4.69) is 49.6 Å². The molecule has 1 aromatic rings. The molecule has 0 saturated carbocycles. The molecule has 0 spiro atoms. The van der Waals surface area contributed by atoms with Gasteiger partial charge in [0.2, 0.25) is 0 Å². The third-order valence-corrected chi connectivity index (χ3v) is 3.12. The first-order valence-corrected chi connectivity index (χ1v) is 6.36. The maximum atomic E-state index is 5.84. The van der Waals surface area contributed by atoms with Gasteiger partial charge in [0.25, 0.3) is 0 Å². The molecule has 1 heterocycles. The Bertz CT molecular complexity index is 358. The van der Waals surface area contributed by atoms with Crippen LogP contribution >= 0.6 is 0 Å². The molecule has 0 aliphatic rings. The van der Waals surface area contributed by atoms with Gasteiger partial charge in [-0.25, -0.2) is 9.97 Å². The molecule has 0 atom stereocenters. The molecular weight excluding hydrogens is 212 g/mol. The zero-order valence-electron chi connectivity index (χ0n) is 11.6. The van der Waals surface area contributed by atoms with E-state index < -0.39 is 0 Å². The fourth-order valence-electron chi connectivity index (χ4n) is 1.93. The van der Waals surface area contributed by atoms with Gasteiger partial charge in [-0.1, -0.05) is 27.7 Å². The molecule has 0 aliphatic heterocycles. The summed E-state index contributed by atoms with van der Waals surface area (Å²) in [5, 5.41) is 0. The predicted octanol–water partition coefficient (Wildman–Crippen LogP) is 2.81. The van der Waals surface area contributed by atoms with Crippen LogP contribution in [0.15, 0.2) is 6.07 Å². The van der Waals surface area contributed by atoms with Crippen LogP contribution < -0.4 is 10.6 Å². The highest BCUT2D eigenvalue weighted by Gasteiger charge is 2.15. The molecule has 4 heteroatoms. The van der Waals surface area contributed by atoms with Crippen LogP contribution in [-0.4, -0.2) is 23.1 Å². The van der Waals surface area contributed by atoms with Gasteiger partial charge in [0.1, 0.15) is 17.5 Å². The normalized spacial score (nSPS) is 11.2. The summed E-state index contributed by atoms with van der Waals surface area (Å²) in [6.07, 6.45) is 2.21. The Hall–Kier alpha value is -1.32. The largest absolute Gasteiger partial charge is 0.384 e. The second-order valence-corrected chi connectivity index (χ2v) is 4.75. The molecule has 1 aromatic heterocycles. The molecule has 0 unspecified atom stereocenters. The van der Waals surface area contributed by atoms with Crippen molar-refractivity contribution in [2.75, 3.05) is 17.7 Å². The molecule has 0 amide bonds. The van der Waals surface area contributed by atoms with Crippen LogP contribution in [-0.2, 0) is 0 Å². The molecule has 2 N–H and O–H groups in total. The van der Waals surface area contributed by atoms with Crippen LogP contribution in [0.2, 0.25) is 0 Å². The van der Waals surface area contributed by atoms with Crippen LogP contribution in [0.1, 0.15) is 52.3 Å². The molecule has 4 nitrogen and oxygen atoms in total. The summed E-state index contributed by atoms with van der Waals surface area (Å²) in [4.78, 5) is 11.0. The van der Waals surface area contributed by atoms with E-state index in [-0.39, 0.29) is 0 Å². The lowest BCUT2D eigenvalue weighted by Gasteiger charge is -2.27. The molecule has 0 bridgehead atoms. The molecular formula is C13H24N4. The Morgan fingerprint density at radius 2 is 1.82 bits per heavy atom. The number of anilines is 2. The Kier molecular flexibility index (Phi) is 4.73. The van der Waals surface area contributed by atoms with Gasteiger partial charge in [0, 0.05) is 25.1 Å². The zero-order chi connectivity index (χ0) is 13.0. The fourth-order valence-corrected chi connectivity index (χ4v) is 1.93. The third kappa shape index (κ3) is 3.32. The Morgan fingerprint density at radius 1 is 1.24 bits per heavy atom. The Morgan fingerprint density at radius 3 is 2.29 bits per heavy atom. The van der Waals surface area contributed by atoms with Crippen molar-refractivity contribution < 1.29 is 0 Å². The van der Waals surface area contributed by atoms with Crippen molar-refractivity contribution in [2.24, 2.45) is 0 Å². The lowest BCUT2D eigenvalue weighted by Crippen LogP contribution is -2.31. The van der Waals surface area contributed by atoms with Gasteiger partial charge in [-0.15, -0.1) is 0 Å². The van der Waals surface area contributed by atoms with Crippen molar-refractivity contribution in [2.45, 2.75) is 52.5 Å². The lowest BCUT2D eigenvalue weighted by atomic mass is 10.1. The second-order valence-electron chi connectivity index (χ2n) is 4.75. The number of nitrogens with zero attached hydrogens (tertiary/aromatic N) is 3. The van der Waals surface area contributed by atoms with Gasteiger partial charge < -0.3 is 10.6 Å². The van der Waals surface area contributed by atoms with Crippen LogP contribution in [0.25, 0.3) is 0 Å². The monoisotopic (exact) mass is 236 g/mol. The van der Waals surface area contributed by atoms with Crippen molar-refractivity contribution in [3.63, 3.8) is 0 Å². The fraction of sp³-hybridized carbons (Fsp3) is 0.692. The minimum absolute atomic E-state index is 0.298. The van der Waals surface area contributed by atoms with Crippen molar-refractivity contribution >= 4 is 11.6 Å². The molecule has 0 radical (unpaired) electrons. The van der Waals surface area contributed by atoms with Crippen molar-refractivity contribution in [1.82, 2.24) is 9.97 Å². The summed E-state index contributed by atoms with van der Waals surface area (Å²) in [5.74, 6) is 2.59. The molecule has 0 aromatic carbocycles. The van der Waals surface area contributed by atoms with E-state index in [1.807, 2.05) is 6.07 Å². The van der Waals surface area contributed by atoms with Crippen LogP contribution in [0.4, 0.5) is 11.6 Å². The topological polar surface area (TPSA) is 55.0 Å². The minimum atomic E-state index is 0.298. The van der Waals surface area contributed by atoms with Crippen molar-refractivity contribution in [3.8, 4) is 0 Å². The minimum Gasteiger partial charge on any atom is -0.384 e. The maximum absolute atomic E-state index is 5.84. The summed E-state index contributed by atoms with van der Waals surface area (Å²) in [7, 11) is 2.07. The standard InChI is InChI=1S/C13H24N4/c1-6-10(7-2)17(5)12-8-11(14)15-13(16-12)9(3)4/h8-10H,6-7H2,1-5H3,(H2,14,15,16). The second kappa shape index (κ2) is 5.84. The Balaban J connectivity index is 3.04. The van der Waals surface area contributed by atoms with Gasteiger partial charge >= 0.3 is 0 Å². The van der Waals surface area contributed by atoms with Crippen molar-refractivity contribution in [1.29, 1.82) is 0 Å². The SMILES string of the molecule is CCC(CC)N(C)c1cc(N)nc(C(C)C)n1. The van der Waals surface area contributed by atoms with Gasteiger partial charge in [-0.3, -0.25) is 0 Å². The average molecular weight is 236 g/mol. The van der Waals surface area contributed by atoms with Gasteiger partial charge in [0.05, 0.1) is 0 Å². The summed E-state index contributed by atoms with van der Waals surface area (Å²) in [5.41, 5.74) is 5.84. The smallest absolute Gasteiger partial charge is 0.135 e. The van der Waals surface area contributed by atoms with E-state index in [9.17, 15) is 0 Å². The number of aromatic nitrogens is 2. The highest BCUT2D eigenvalue weighted by Crippen LogP contribution is 2.20. The first-order valence-electron chi connectivity index (χ1n) is 6.36. The number of rotatable bonds is 5. The van der Waals surface area contributed by atoms with Gasteiger partial charge in [-0.05, 0) is 12.8 Å². The first kappa shape index (κ1) is 13.7. The van der Waals surface area contributed by atoms with Gasteiger partial charge in [-0.2, -0.15) is 0 Å². The van der Waals surface area contributed by atoms with E-state index in [0.29, 0.717) is 17.8 Å². The van der Waals surface area contributed by atoms with Crippen LogP contribution in [0.3, 0.4) is 0 Å². The van der Waals surface area contributed by atoms with E-state index in [1.54, 1.807) is 0 Å². The number of hydrogen-bond donors (Lipinski definition) is 1. The van der Waals surface area contributed by atoms with Crippen LogP contribution in [0.5, 0.6) is 0 Å². The van der Waals surface area contributed by atoms with Crippen molar-refractivity contribution in [3.05, 3.63) is 11.9 Å². The van der Waals surface area contributed by atoms with E-state index in [0.717, 1.165) is 24.5 Å². The quantitative estimate of drug-likeness (QED) is 0.854. The molecule has 1 rings (SSSR count). The summed E-state index contributed by atoms with van der Waals surface area (Å²) in [6, 6.07) is 2.36. The molecule has 17 heavy (non-hydrogen) atoms. The average Bonchev–Trinajstić information content (AvgIpc) is 2.29. The molecule has 0 saturated heterocycles. The molecule has 0 fully saturated rings. The summed E-state index contributed by atoms with van der Waals surface area (Å²) < 4.78 is 0. The van der Waals surface area contributed by atoms with Crippen LogP contribution in [0, 0.1) is 0 Å². The highest BCUT2D eigenvalue weighted by molar-refractivity contribution is 5.47. The highest BCUT2D eigenvalue weighted by atomic mass is 15.2. The van der Waals surface area contributed by atoms with Gasteiger partial charge in [0.15, 0.2) is 0 Å². The lowest BCUT2D eigenvalue weighted by molar-refractivity contribution is 0.584. The third-order valence-electron chi connectivity index (χ3n) is 3.12. The van der Waals surface area contributed by atoms with E-state index >= 15 is 0 Å². The molecule has 96 valence electrons. The number of nitrogens with two attached hydrogens (primary N) is 1. The zero-order valence-corrected chi connectivity index (χ0v) is 11.6. The summed E-state index contributed by atoms with van der Waals surface area (Å²) in [6.45, 7) is 8.54. The molecule has 0 aliphatic carbocycles. The Labute approximate surface area is 104 Å². The van der Waals surface area contributed by atoms with E-state index in [4.69, 9.17) is 5.73 Å². The number of nitrogen functional groups attached to an aromatic ring is 1. The number of hydrogen-bond acceptors (Lipinski definition) is 4. The summed E-state index contributed by atoms with van der Waals surface area (Å²) >= 11 is 0.